The molecule has 2 aromatic heterocycles. The fourth-order valence-electron chi connectivity index (χ4n) is 1.64. The number of aromatic nitrogens is 3. The van der Waals surface area contributed by atoms with E-state index in [0.29, 0.717) is 6.54 Å². The van der Waals surface area contributed by atoms with Crippen LogP contribution in [0.15, 0.2) is 29.4 Å². The summed E-state index contributed by atoms with van der Waals surface area (Å²) in [7, 11) is 0. The summed E-state index contributed by atoms with van der Waals surface area (Å²) >= 11 is 0. The van der Waals surface area contributed by atoms with Crippen molar-refractivity contribution in [1.82, 2.24) is 14.7 Å². The van der Waals surface area contributed by atoms with E-state index in [0.717, 1.165) is 29.6 Å². The summed E-state index contributed by atoms with van der Waals surface area (Å²) in [5, 5.41) is 7.15. The molecule has 0 aromatic carbocycles. The Bertz CT molecular complexity index is 512. The molecule has 17 heavy (non-hydrogen) atoms. The fraction of sp³-hybridized carbons (Fsp3) is 0.333. The molecule has 90 valence electrons. The van der Waals surface area contributed by atoms with Gasteiger partial charge in [0.1, 0.15) is 11.5 Å². The molecule has 0 amide bonds. The van der Waals surface area contributed by atoms with E-state index >= 15 is 0 Å². The molecule has 0 aliphatic carbocycles. The molecule has 0 bridgehead atoms. The van der Waals surface area contributed by atoms with Gasteiger partial charge in [0.05, 0.1) is 12.2 Å². The van der Waals surface area contributed by atoms with Gasteiger partial charge in [-0.15, -0.1) is 6.58 Å². The molecule has 0 atom stereocenters. The van der Waals surface area contributed by atoms with Crippen LogP contribution in [-0.2, 0) is 13.1 Å². The number of hydrogen-bond acceptors (Lipinski definition) is 4. The predicted molar refractivity (Wildman–Crippen MR) is 65.7 cm³/mol. The quantitative estimate of drug-likeness (QED) is 0.803. The van der Waals surface area contributed by atoms with Crippen LogP contribution in [0.5, 0.6) is 0 Å². The van der Waals surface area contributed by atoms with Gasteiger partial charge in [0.25, 0.3) is 0 Å². The van der Waals surface area contributed by atoms with Gasteiger partial charge in [0.2, 0.25) is 5.95 Å². The van der Waals surface area contributed by atoms with Crippen molar-refractivity contribution in [1.29, 1.82) is 0 Å². The molecule has 2 heterocycles. The molecule has 0 saturated heterocycles. The summed E-state index contributed by atoms with van der Waals surface area (Å²) in [5.74, 6) is 1.63. The highest BCUT2D eigenvalue weighted by Crippen LogP contribution is 2.10. The van der Waals surface area contributed by atoms with Crippen molar-refractivity contribution in [2.75, 3.05) is 5.32 Å². The van der Waals surface area contributed by atoms with Crippen LogP contribution in [0, 0.1) is 13.8 Å². The minimum absolute atomic E-state index is 0.602. The highest BCUT2D eigenvalue weighted by atomic mass is 16.5. The molecular formula is C12H16N4O. The molecule has 2 aromatic rings. The number of hydrogen-bond donors (Lipinski definition) is 1. The fourth-order valence-corrected chi connectivity index (χ4v) is 1.64. The van der Waals surface area contributed by atoms with E-state index in [9.17, 15) is 0 Å². The van der Waals surface area contributed by atoms with Gasteiger partial charge < -0.3 is 14.4 Å². The highest BCUT2D eigenvalue weighted by molar-refractivity contribution is 5.30. The van der Waals surface area contributed by atoms with Gasteiger partial charge in [0, 0.05) is 18.8 Å². The monoisotopic (exact) mass is 232 g/mol. The van der Waals surface area contributed by atoms with Crippen LogP contribution in [0.3, 0.4) is 0 Å². The van der Waals surface area contributed by atoms with E-state index in [4.69, 9.17) is 4.52 Å². The number of imidazole rings is 1. The average Bonchev–Trinajstić information content (AvgIpc) is 2.83. The first-order chi connectivity index (χ1) is 8.19. The summed E-state index contributed by atoms with van der Waals surface area (Å²) in [6.07, 6.45) is 3.82. The predicted octanol–water partition coefficient (Wildman–Crippen LogP) is 2.29. The van der Waals surface area contributed by atoms with E-state index in [1.807, 2.05) is 36.8 Å². The summed E-state index contributed by atoms with van der Waals surface area (Å²) < 4.78 is 7.01. The minimum atomic E-state index is 0.602. The molecule has 2 rings (SSSR count). The lowest BCUT2D eigenvalue weighted by Crippen LogP contribution is -2.06. The zero-order valence-electron chi connectivity index (χ0n) is 10.1. The Morgan fingerprint density at radius 3 is 3.00 bits per heavy atom. The summed E-state index contributed by atoms with van der Waals surface area (Å²) in [6, 6.07) is 1.90. The largest absolute Gasteiger partial charge is 0.361 e. The first-order valence-electron chi connectivity index (χ1n) is 5.50. The zero-order chi connectivity index (χ0) is 12.3. The summed E-state index contributed by atoms with van der Waals surface area (Å²) in [5.41, 5.74) is 1.85. The Hall–Kier alpha value is -2.04. The van der Waals surface area contributed by atoms with Gasteiger partial charge in [-0.1, -0.05) is 11.2 Å². The van der Waals surface area contributed by atoms with Crippen LogP contribution in [0.25, 0.3) is 0 Å². The second kappa shape index (κ2) is 4.86. The van der Waals surface area contributed by atoms with Crippen molar-refractivity contribution in [2.24, 2.45) is 0 Å². The van der Waals surface area contributed by atoms with E-state index in [1.165, 1.54) is 0 Å². The van der Waals surface area contributed by atoms with Gasteiger partial charge in [0.15, 0.2) is 0 Å². The summed E-state index contributed by atoms with van der Waals surface area (Å²) in [6.45, 7) is 8.90. The maximum atomic E-state index is 5.00. The maximum absolute atomic E-state index is 5.00. The SMILES string of the molecule is C=CCn1cc(C)nc1NCc1cc(C)on1. The van der Waals surface area contributed by atoms with Crippen molar-refractivity contribution in [3.8, 4) is 0 Å². The van der Waals surface area contributed by atoms with Gasteiger partial charge in [-0.3, -0.25) is 0 Å². The Morgan fingerprint density at radius 2 is 2.35 bits per heavy atom. The Labute approximate surface area is 100 Å². The smallest absolute Gasteiger partial charge is 0.203 e. The Kier molecular flexibility index (Phi) is 3.27. The van der Waals surface area contributed by atoms with Crippen molar-refractivity contribution in [2.45, 2.75) is 26.9 Å². The van der Waals surface area contributed by atoms with Gasteiger partial charge in [-0.2, -0.15) is 0 Å². The Morgan fingerprint density at radius 1 is 1.53 bits per heavy atom. The molecule has 0 unspecified atom stereocenters. The first kappa shape index (κ1) is 11.4. The van der Waals surface area contributed by atoms with Crippen LogP contribution in [0.2, 0.25) is 0 Å². The normalized spacial score (nSPS) is 10.5. The van der Waals surface area contributed by atoms with Crippen LogP contribution in [-0.4, -0.2) is 14.7 Å². The molecule has 5 nitrogen and oxygen atoms in total. The highest BCUT2D eigenvalue weighted by Gasteiger charge is 2.05. The third-order valence-corrected chi connectivity index (χ3v) is 2.33. The molecule has 1 N–H and O–H groups in total. The lowest BCUT2D eigenvalue weighted by Gasteiger charge is -2.05. The average molecular weight is 232 g/mol. The third-order valence-electron chi connectivity index (χ3n) is 2.33. The van der Waals surface area contributed by atoms with E-state index in [-0.39, 0.29) is 0 Å². The number of nitrogens with one attached hydrogen (secondary N) is 1. The van der Waals surface area contributed by atoms with Crippen molar-refractivity contribution < 1.29 is 4.52 Å². The Balaban J connectivity index is 2.05. The molecule has 0 aliphatic rings. The molecule has 0 aliphatic heterocycles. The van der Waals surface area contributed by atoms with Gasteiger partial charge in [-0.05, 0) is 13.8 Å². The number of allylic oxidation sites excluding steroid dienone is 1. The first-order valence-corrected chi connectivity index (χ1v) is 5.50. The van der Waals surface area contributed by atoms with Gasteiger partial charge in [-0.25, -0.2) is 4.98 Å². The van der Waals surface area contributed by atoms with Crippen molar-refractivity contribution in [3.63, 3.8) is 0 Å². The number of aryl methyl sites for hydroxylation is 2. The van der Waals surface area contributed by atoms with E-state index in [1.54, 1.807) is 0 Å². The summed E-state index contributed by atoms with van der Waals surface area (Å²) in [4.78, 5) is 4.40. The second-order valence-corrected chi connectivity index (χ2v) is 3.93. The molecule has 0 radical (unpaired) electrons. The lowest BCUT2D eigenvalue weighted by molar-refractivity contribution is 0.391. The number of anilines is 1. The van der Waals surface area contributed by atoms with E-state index in [2.05, 4.69) is 22.0 Å². The van der Waals surface area contributed by atoms with Gasteiger partial charge >= 0.3 is 0 Å². The topological polar surface area (TPSA) is 55.9 Å². The second-order valence-electron chi connectivity index (χ2n) is 3.93. The zero-order valence-corrected chi connectivity index (χ0v) is 10.1. The maximum Gasteiger partial charge on any atom is 0.203 e. The van der Waals surface area contributed by atoms with Crippen molar-refractivity contribution in [3.05, 3.63) is 42.1 Å². The third kappa shape index (κ3) is 2.75. The molecule has 0 spiro atoms. The lowest BCUT2D eigenvalue weighted by atomic mass is 10.4. The molecule has 0 saturated carbocycles. The van der Waals surface area contributed by atoms with Crippen molar-refractivity contribution >= 4 is 5.95 Å². The minimum Gasteiger partial charge on any atom is -0.361 e. The number of nitrogens with zero attached hydrogens (tertiary/aromatic N) is 3. The molecular weight excluding hydrogens is 216 g/mol. The van der Waals surface area contributed by atoms with Crippen LogP contribution in [0.4, 0.5) is 5.95 Å². The van der Waals surface area contributed by atoms with Crippen LogP contribution < -0.4 is 5.32 Å². The standard InChI is InChI=1S/C12H16N4O/c1-4-5-16-8-9(2)14-12(16)13-7-11-6-10(3)17-15-11/h4,6,8H,1,5,7H2,2-3H3,(H,13,14). The van der Waals surface area contributed by atoms with Crippen LogP contribution >= 0.6 is 0 Å². The van der Waals surface area contributed by atoms with Crippen LogP contribution in [0.1, 0.15) is 17.1 Å². The molecule has 0 fully saturated rings. The molecule has 5 heteroatoms. The number of rotatable bonds is 5. The van der Waals surface area contributed by atoms with E-state index < -0.39 is 0 Å².